The Kier molecular flexibility index (Phi) is 1.53. The molecule has 1 aliphatic rings. The van der Waals surface area contributed by atoms with Crippen molar-refractivity contribution >= 4 is 0 Å². The minimum atomic E-state index is -0.598. The zero-order valence-corrected chi connectivity index (χ0v) is 6.09. The van der Waals surface area contributed by atoms with Crippen LogP contribution < -0.4 is 5.73 Å². The van der Waals surface area contributed by atoms with Crippen molar-refractivity contribution < 1.29 is 5.11 Å². The van der Waals surface area contributed by atoms with Crippen molar-refractivity contribution in [3.63, 3.8) is 0 Å². The van der Waals surface area contributed by atoms with Crippen molar-refractivity contribution in [1.29, 1.82) is 0 Å². The Morgan fingerprint density at radius 2 is 2.22 bits per heavy atom. The average molecular weight is 129 g/mol. The van der Waals surface area contributed by atoms with Gasteiger partial charge in [-0.1, -0.05) is 6.92 Å². The first-order valence-corrected chi connectivity index (χ1v) is 3.50. The van der Waals surface area contributed by atoms with E-state index in [0.717, 1.165) is 6.42 Å². The first-order valence-electron chi connectivity index (χ1n) is 3.50. The van der Waals surface area contributed by atoms with E-state index in [4.69, 9.17) is 5.73 Å². The Hall–Kier alpha value is -0.0800. The van der Waals surface area contributed by atoms with Gasteiger partial charge >= 0.3 is 0 Å². The Morgan fingerprint density at radius 3 is 2.33 bits per heavy atom. The van der Waals surface area contributed by atoms with Gasteiger partial charge in [0.15, 0.2) is 0 Å². The normalized spacial score (nSPS) is 40.0. The maximum atomic E-state index is 9.51. The summed E-state index contributed by atoms with van der Waals surface area (Å²) in [6.07, 6.45) is 1.14. The highest BCUT2D eigenvalue weighted by atomic mass is 16.3. The number of nitrogens with two attached hydrogens (primary N) is 1. The van der Waals surface area contributed by atoms with Gasteiger partial charge in [0.1, 0.15) is 0 Å². The average Bonchev–Trinajstić information content (AvgIpc) is 2.47. The zero-order chi connectivity index (χ0) is 7.07. The Morgan fingerprint density at radius 1 is 1.78 bits per heavy atom. The van der Waals surface area contributed by atoms with E-state index in [0.29, 0.717) is 18.4 Å². The van der Waals surface area contributed by atoms with Gasteiger partial charge in [-0.25, -0.2) is 0 Å². The van der Waals surface area contributed by atoms with Crippen LogP contribution in [0.4, 0.5) is 0 Å². The highest BCUT2D eigenvalue weighted by Crippen LogP contribution is 2.45. The van der Waals surface area contributed by atoms with E-state index in [-0.39, 0.29) is 0 Å². The van der Waals surface area contributed by atoms with Gasteiger partial charge in [0.2, 0.25) is 0 Å². The molecular formula is C7H15NO. The van der Waals surface area contributed by atoms with Crippen LogP contribution >= 0.6 is 0 Å². The van der Waals surface area contributed by atoms with Gasteiger partial charge in [0.05, 0.1) is 5.60 Å². The highest BCUT2D eigenvalue weighted by Gasteiger charge is 2.45. The van der Waals surface area contributed by atoms with E-state index in [1.807, 2.05) is 6.92 Å². The maximum absolute atomic E-state index is 9.51. The molecule has 1 aliphatic carbocycles. The van der Waals surface area contributed by atoms with Crippen molar-refractivity contribution in [1.82, 2.24) is 0 Å². The molecule has 1 saturated carbocycles. The summed E-state index contributed by atoms with van der Waals surface area (Å²) in [6, 6.07) is 0. The van der Waals surface area contributed by atoms with Gasteiger partial charge in [0, 0.05) is 6.54 Å². The minimum absolute atomic E-state index is 0.391. The molecule has 0 spiro atoms. The van der Waals surface area contributed by atoms with Gasteiger partial charge in [0.25, 0.3) is 0 Å². The van der Waals surface area contributed by atoms with E-state index in [9.17, 15) is 5.11 Å². The molecule has 1 fully saturated rings. The smallest absolute Gasteiger partial charge is 0.0772 e. The monoisotopic (exact) mass is 129 g/mol. The third kappa shape index (κ3) is 1.25. The van der Waals surface area contributed by atoms with Crippen LogP contribution in [-0.4, -0.2) is 17.3 Å². The third-order valence-electron chi connectivity index (χ3n) is 2.32. The van der Waals surface area contributed by atoms with E-state index < -0.39 is 5.60 Å². The van der Waals surface area contributed by atoms with Gasteiger partial charge in [-0.15, -0.1) is 0 Å². The quantitative estimate of drug-likeness (QED) is 0.565. The summed E-state index contributed by atoms with van der Waals surface area (Å²) in [6.45, 7) is 4.36. The van der Waals surface area contributed by atoms with Crippen molar-refractivity contribution in [2.24, 2.45) is 17.6 Å². The van der Waals surface area contributed by atoms with Crippen LogP contribution in [0.3, 0.4) is 0 Å². The highest BCUT2D eigenvalue weighted by molar-refractivity contribution is 4.96. The van der Waals surface area contributed by atoms with Gasteiger partial charge in [-0.2, -0.15) is 0 Å². The maximum Gasteiger partial charge on any atom is 0.0772 e. The molecule has 0 aromatic carbocycles. The fourth-order valence-electron chi connectivity index (χ4n) is 1.34. The molecular weight excluding hydrogens is 114 g/mol. The molecule has 3 atom stereocenters. The summed E-state index contributed by atoms with van der Waals surface area (Å²) >= 11 is 0. The second-order valence-electron chi connectivity index (χ2n) is 3.38. The topological polar surface area (TPSA) is 46.2 Å². The summed E-state index contributed by atoms with van der Waals surface area (Å²) < 4.78 is 0. The van der Waals surface area contributed by atoms with E-state index in [1.165, 1.54) is 0 Å². The second kappa shape index (κ2) is 1.96. The summed E-state index contributed by atoms with van der Waals surface area (Å²) in [7, 11) is 0. The standard InChI is InChI=1S/C7H15NO/c1-5-3-6(5)7(2,9)4-8/h5-6,9H,3-4,8H2,1-2H3. The fourth-order valence-corrected chi connectivity index (χ4v) is 1.34. The lowest BCUT2D eigenvalue weighted by molar-refractivity contribution is 0.0413. The SMILES string of the molecule is CC1CC1C(C)(O)CN. The van der Waals surface area contributed by atoms with Crippen molar-refractivity contribution in [2.45, 2.75) is 25.9 Å². The number of rotatable bonds is 2. The van der Waals surface area contributed by atoms with E-state index in [2.05, 4.69) is 6.92 Å². The van der Waals surface area contributed by atoms with Gasteiger partial charge in [-0.05, 0) is 25.2 Å². The van der Waals surface area contributed by atoms with E-state index >= 15 is 0 Å². The predicted octanol–water partition coefficient (Wildman–Crippen LogP) is 0.352. The molecule has 0 heterocycles. The molecule has 3 unspecified atom stereocenters. The second-order valence-corrected chi connectivity index (χ2v) is 3.38. The summed E-state index contributed by atoms with van der Waals surface area (Å²) in [4.78, 5) is 0. The molecule has 2 nitrogen and oxygen atoms in total. The largest absolute Gasteiger partial charge is 0.389 e. The first kappa shape index (κ1) is 7.03. The summed E-state index contributed by atoms with van der Waals surface area (Å²) in [5.74, 6) is 1.14. The number of hydrogen-bond acceptors (Lipinski definition) is 2. The zero-order valence-electron chi connectivity index (χ0n) is 6.09. The molecule has 0 aromatic rings. The Labute approximate surface area is 56.1 Å². The van der Waals surface area contributed by atoms with Crippen LogP contribution in [0.15, 0.2) is 0 Å². The first-order chi connectivity index (χ1) is 4.08. The van der Waals surface area contributed by atoms with Crippen molar-refractivity contribution in [2.75, 3.05) is 6.54 Å². The lowest BCUT2D eigenvalue weighted by atomic mass is 10.00. The summed E-state index contributed by atoms with van der Waals surface area (Å²) in [5, 5.41) is 9.51. The molecule has 0 aromatic heterocycles. The van der Waals surface area contributed by atoms with Crippen LogP contribution in [0.2, 0.25) is 0 Å². The molecule has 54 valence electrons. The third-order valence-corrected chi connectivity index (χ3v) is 2.32. The molecule has 2 heteroatoms. The van der Waals surface area contributed by atoms with Crippen LogP contribution in [0.1, 0.15) is 20.3 Å². The molecule has 0 saturated heterocycles. The van der Waals surface area contributed by atoms with Crippen LogP contribution in [0, 0.1) is 11.8 Å². The number of aliphatic hydroxyl groups is 1. The lowest BCUT2D eigenvalue weighted by Gasteiger charge is -2.20. The molecule has 1 rings (SSSR count). The minimum Gasteiger partial charge on any atom is -0.389 e. The lowest BCUT2D eigenvalue weighted by Crippen LogP contribution is -2.36. The van der Waals surface area contributed by atoms with Gasteiger partial charge in [-0.3, -0.25) is 0 Å². The van der Waals surface area contributed by atoms with Crippen LogP contribution in [0.5, 0.6) is 0 Å². The van der Waals surface area contributed by atoms with Crippen LogP contribution in [-0.2, 0) is 0 Å². The van der Waals surface area contributed by atoms with Crippen molar-refractivity contribution in [3.05, 3.63) is 0 Å². The number of hydrogen-bond donors (Lipinski definition) is 2. The van der Waals surface area contributed by atoms with Gasteiger partial charge < -0.3 is 10.8 Å². The molecule has 9 heavy (non-hydrogen) atoms. The molecule has 0 radical (unpaired) electrons. The fraction of sp³-hybridized carbons (Fsp3) is 1.00. The Balaban J connectivity index is 2.41. The van der Waals surface area contributed by atoms with E-state index in [1.54, 1.807) is 0 Å². The van der Waals surface area contributed by atoms with Crippen LogP contribution in [0.25, 0.3) is 0 Å². The molecule has 0 aliphatic heterocycles. The van der Waals surface area contributed by atoms with Crippen molar-refractivity contribution in [3.8, 4) is 0 Å². The molecule has 0 bridgehead atoms. The Bertz CT molecular complexity index is 111. The molecule has 3 N–H and O–H groups in total. The molecule has 0 amide bonds. The predicted molar refractivity (Wildman–Crippen MR) is 36.9 cm³/mol. The summed E-state index contributed by atoms with van der Waals surface area (Å²) in [5.41, 5.74) is 4.76.